The Hall–Kier alpha value is 0.140. The zero-order chi connectivity index (χ0) is 10.0. The third kappa shape index (κ3) is 3.08. The fraction of sp³-hybridized carbons (Fsp3) is 0.600. The fourth-order valence-electron chi connectivity index (χ4n) is 1.09. The zero-order valence-corrected chi connectivity index (χ0v) is 10.7. The van der Waals surface area contributed by atoms with Crippen LogP contribution in [0.4, 0.5) is 0 Å². The Kier molecular flexibility index (Phi) is 3.95. The monoisotopic (exact) mass is 261 g/mol. The lowest BCUT2D eigenvalue weighted by molar-refractivity contribution is 0.493. The number of aryl methyl sites for hydroxylation is 1. The SMILES string of the molecule is Cc1sc(CC(N)C(C)C)cc1Br. The largest absolute Gasteiger partial charge is 0.327 e. The maximum atomic E-state index is 6.00. The summed E-state index contributed by atoms with van der Waals surface area (Å²) in [5.41, 5.74) is 6.00. The van der Waals surface area contributed by atoms with Crippen LogP contribution in [-0.2, 0) is 6.42 Å². The van der Waals surface area contributed by atoms with Crippen molar-refractivity contribution in [3.8, 4) is 0 Å². The summed E-state index contributed by atoms with van der Waals surface area (Å²) in [4.78, 5) is 2.72. The topological polar surface area (TPSA) is 26.0 Å². The summed E-state index contributed by atoms with van der Waals surface area (Å²) in [6.07, 6.45) is 0.995. The van der Waals surface area contributed by atoms with Crippen molar-refractivity contribution in [2.75, 3.05) is 0 Å². The molecule has 0 aromatic carbocycles. The average molecular weight is 262 g/mol. The zero-order valence-electron chi connectivity index (χ0n) is 8.30. The highest BCUT2D eigenvalue weighted by Gasteiger charge is 2.11. The van der Waals surface area contributed by atoms with Crippen LogP contribution in [0.3, 0.4) is 0 Å². The van der Waals surface area contributed by atoms with E-state index < -0.39 is 0 Å². The maximum Gasteiger partial charge on any atom is 0.0314 e. The minimum absolute atomic E-state index is 0.282. The third-order valence-corrected chi connectivity index (χ3v) is 4.36. The Labute approximate surface area is 92.5 Å². The molecule has 0 bridgehead atoms. The molecule has 1 heterocycles. The first kappa shape index (κ1) is 11.2. The third-order valence-electron chi connectivity index (χ3n) is 2.20. The summed E-state index contributed by atoms with van der Waals surface area (Å²) in [7, 11) is 0. The number of halogens is 1. The Morgan fingerprint density at radius 2 is 2.15 bits per heavy atom. The van der Waals surface area contributed by atoms with Crippen molar-refractivity contribution in [1.29, 1.82) is 0 Å². The molecule has 1 nitrogen and oxygen atoms in total. The molecule has 1 aromatic rings. The molecule has 3 heteroatoms. The van der Waals surface area contributed by atoms with Crippen LogP contribution in [0.2, 0.25) is 0 Å². The highest BCUT2D eigenvalue weighted by atomic mass is 79.9. The van der Waals surface area contributed by atoms with Crippen molar-refractivity contribution in [3.63, 3.8) is 0 Å². The van der Waals surface area contributed by atoms with Crippen LogP contribution in [0.25, 0.3) is 0 Å². The number of nitrogens with two attached hydrogens (primary N) is 1. The molecule has 0 aliphatic rings. The molecule has 74 valence electrons. The van der Waals surface area contributed by atoms with Gasteiger partial charge in [-0.3, -0.25) is 0 Å². The van der Waals surface area contributed by atoms with E-state index in [2.05, 4.69) is 42.8 Å². The highest BCUT2D eigenvalue weighted by Crippen LogP contribution is 2.27. The smallest absolute Gasteiger partial charge is 0.0314 e. The number of hydrogen-bond donors (Lipinski definition) is 1. The quantitative estimate of drug-likeness (QED) is 0.888. The van der Waals surface area contributed by atoms with E-state index in [9.17, 15) is 0 Å². The molecule has 2 N–H and O–H groups in total. The normalized spacial score (nSPS) is 13.7. The lowest BCUT2D eigenvalue weighted by Crippen LogP contribution is -2.28. The first-order valence-electron chi connectivity index (χ1n) is 4.51. The van der Waals surface area contributed by atoms with Crippen molar-refractivity contribution < 1.29 is 0 Å². The molecule has 0 aliphatic heterocycles. The summed E-state index contributed by atoms with van der Waals surface area (Å²) in [6, 6.07) is 2.47. The van der Waals surface area contributed by atoms with Gasteiger partial charge in [-0.15, -0.1) is 11.3 Å². The minimum atomic E-state index is 0.282. The van der Waals surface area contributed by atoms with Gasteiger partial charge in [0.1, 0.15) is 0 Å². The van der Waals surface area contributed by atoms with Gasteiger partial charge in [0.05, 0.1) is 0 Å². The van der Waals surface area contributed by atoms with Crippen molar-refractivity contribution >= 4 is 27.3 Å². The molecule has 0 radical (unpaired) electrons. The molecule has 0 spiro atoms. The van der Waals surface area contributed by atoms with E-state index >= 15 is 0 Å². The number of hydrogen-bond acceptors (Lipinski definition) is 2. The van der Waals surface area contributed by atoms with Gasteiger partial charge in [0.15, 0.2) is 0 Å². The molecule has 1 atom stereocenters. The molecule has 13 heavy (non-hydrogen) atoms. The van der Waals surface area contributed by atoms with Gasteiger partial charge in [-0.25, -0.2) is 0 Å². The van der Waals surface area contributed by atoms with Gasteiger partial charge in [-0.1, -0.05) is 13.8 Å². The number of rotatable bonds is 3. The minimum Gasteiger partial charge on any atom is -0.327 e. The van der Waals surface area contributed by atoms with E-state index in [1.165, 1.54) is 14.2 Å². The number of thiophene rings is 1. The van der Waals surface area contributed by atoms with Gasteiger partial charge < -0.3 is 5.73 Å². The molecular formula is C10H16BrNS. The summed E-state index contributed by atoms with van der Waals surface area (Å²) in [5.74, 6) is 0.557. The van der Waals surface area contributed by atoms with Crippen molar-refractivity contribution in [2.24, 2.45) is 11.7 Å². The Balaban J connectivity index is 2.64. The lowest BCUT2D eigenvalue weighted by Gasteiger charge is -2.13. The average Bonchev–Trinajstić information content (AvgIpc) is 2.31. The lowest BCUT2D eigenvalue weighted by atomic mass is 10.0. The summed E-state index contributed by atoms with van der Waals surface area (Å²) < 4.78 is 1.21. The second kappa shape index (κ2) is 4.58. The molecule has 0 aliphatic carbocycles. The Morgan fingerprint density at radius 1 is 1.54 bits per heavy atom. The molecule has 1 unspecified atom stereocenters. The van der Waals surface area contributed by atoms with E-state index in [0.717, 1.165) is 6.42 Å². The van der Waals surface area contributed by atoms with Crippen LogP contribution < -0.4 is 5.73 Å². The van der Waals surface area contributed by atoms with Crippen LogP contribution in [0.5, 0.6) is 0 Å². The van der Waals surface area contributed by atoms with Gasteiger partial charge in [0.25, 0.3) is 0 Å². The predicted molar refractivity (Wildman–Crippen MR) is 63.3 cm³/mol. The van der Waals surface area contributed by atoms with E-state index in [4.69, 9.17) is 5.73 Å². The van der Waals surface area contributed by atoms with Gasteiger partial charge >= 0.3 is 0 Å². The fourth-order valence-corrected chi connectivity index (χ4v) is 2.76. The van der Waals surface area contributed by atoms with E-state index in [-0.39, 0.29) is 6.04 Å². The van der Waals surface area contributed by atoms with Gasteiger partial charge in [-0.05, 0) is 41.3 Å². The molecule has 0 saturated carbocycles. The van der Waals surface area contributed by atoms with Crippen molar-refractivity contribution in [2.45, 2.75) is 33.2 Å². The van der Waals surface area contributed by atoms with Gasteiger partial charge in [-0.2, -0.15) is 0 Å². The maximum absolute atomic E-state index is 6.00. The van der Waals surface area contributed by atoms with E-state index in [0.29, 0.717) is 5.92 Å². The second-order valence-electron chi connectivity index (χ2n) is 3.73. The summed E-state index contributed by atoms with van der Waals surface area (Å²) in [5, 5.41) is 0. The molecule has 0 fully saturated rings. The highest BCUT2D eigenvalue weighted by molar-refractivity contribution is 9.10. The molecule has 0 amide bonds. The first-order chi connectivity index (χ1) is 6.00. The Morgan fingerprint density at radius 3 is 2.54 bits per heavy atom. The van der Waals surface area contributed by atoms with E-state index in [1.54, 1.807) is 0 Å². The first-order valence-corrected chi connectivity index (χ1v) is 6.12. The molecule has 1 aromatic heterocycles. The van der Waals surface area contributed by atoms with Gasteiger partial charge in [0.2, 0.25) is 0 Å². The van der Waals surface area contributed by atoms with Crippen LogP contribution >= 0.6 is 27.3 Å². The van der Waals surface area contributed by atoms with Crippen LogP contribution in [0.15, 0.2) is 10.5 Å². The Bertz CT molecular complexity index is 261. The predicted octanol–water partition coefficient (Wildman–Crippen LogP) is 3.34. The van der Waals surface area contributed by atoms with E-state index in [1.807, 2.05) is 11.3 Å². The van der Waals surface area contributed by atoms with Crippen molar-refractivity contribution in [1.82, 2.24) is 0 Å². The van der Waals surface area contributed by atoms with Crippen LogP contribution in [0, 0.1) is 12.8 Å². The second-order valence-corrected chi connectivity index (χ2v) is 5.92. The standard InChI is InChI=1S/C10H16BrNS/c1-6(2)10(12)5-8-4-9(11)7(3)13-8/h4,6,10H,5,12H2,1-3H3. The molecule has 1 rings (SSSR count). The van der Waals surface area contributed by atoms with Crippen LogP contribution in [0.1, 0.15) is 23.6 Å². The van der Waals surface area contributed by atoms with Crippen LogP contribution in [-0.4, -0.2) is 6.04 Å². The van der Waals surface area contributed by atoms with Gasteiger partial charge in [0, 0.05) is 20.3 Å². The molecular weight excluding hydrogens is 246 g/mol. The summed E-state index contributed by atoms with van der Waals surface area (Å²) in [6.45, 7) is 6.46. The summed E-state index contributed by atoms with van der Waals surface area (Å²) >= 11 is 5.35. The molecule has 0 saturated heterocycles. The van der Waals surface area contributed by atoms with Crippen molar-refractivity contribution in [3.05, 3.63) is 20.3 Å².